The predicted molar refractivity (Wildman–Crippen MR) is 117 cm³/mol. The smallest absolute Gasteiger partial charge is 0.243 e. The topological polar surface area (TPSA) is 99.5 Å². The minimum Gasteiger partial charge on any atom is -0.391 e. The van der Waals surface area contributed by atoms with Crippen LogP contribution in [0, 0.1) is 0 Å². The summed E-state index contributed by atoms with van der Waals surface area (Å²) in [5.74, 6) is -0.283. The largest absolute Gasteiger partial charge is 0.391 e. The summed E-state index contributed by atoms with van der Waals surface area (Å²) >= 11 is 0. The Morgan fingerprint density at radius 2 is 1.90 bits per heavy atom. The number of nitrogens with one attached hydrogen (secondary N) is 2. The number of likely N-dealkylation sites (N-methyl/N-ethyl adjacent to an activating group) is 1. The van der Waals surface area contributed by atoms with Crippen molar-refractivity contribution in [2.75, 3.05) is 13.6 Å². The van der Waals surface area contributed by atoms with E-state index in [4.69, 9.17) is 0 Å². The Hall–Kier alpha value is -2.71. The van der Waals surface area contributed by atoms with Crippen molar-refractivity contribution in [3.63, 3.8) is 0 Å². The zero-order valence-corrected chi connectivity index (χ0v) is 18.2. The number of hydrogen-bond donors (Lipinski definition) is 3. The number of rotatable bonds is 6. The number of amides is 2. The van der Waals surface area contributed by atoms with Gasteiger partial charge in [-0.2, -0.15) is 5.10 Å². The second-order valence-electron chi connectivity index (χ2n) is 8.66. The summed E-state index contributed by atoms with van der Waals surface area (Å²) < 4.78 is 1.82. The molecule has 2 aromatic rings. The van der Waals surface area contributed by atoms with Gasteiger partial charge in [-0.3, -0.25) is 14.3 Å². The quantitative estimate of drug-likeness (QED) is 0.646. The molecule has 8 nitrogen and oxygen atoms in total. The maximum atomic E-state index is 13.3. The molecule has 2 heterocycles. The molecule has 1 saturated heterocycles. The van der Waals surface area contributed by atoms with Gasteiger partial charge in [-0.15, -0.1) is 0 Å². The Labute approximate surface area is 182 Å². The number of likely N-dealkylation sites (tertiary alicyclic amines) is 1. The molecule has 2 fully saturated rings. The molecule has 1 aliphatic heterocycles. The molecule has 4 rings (SSSR count). The standard InChI is InChI=1S/C23H31N5O3/c1-24-23(10-3-4-11-23)22(31)28-15-18(29)13-20(28)21(30)25-14-16-5-7-17(8-6-16)19-9-12-26-27(19)2/h5-9,12,18,20,24,29H,3-4,10-11,13-15H2,1-2H3,(H,25,30)/t18-,20+/m1/s1. The summed E-state index contributed by atoms with van der Waals surface area (Å²) in [4.78, 5) is 27.8. The summed E-state index contributed by atoms with van der Waals surface area (Å²) in [5, 5.41) is 20.5. The van der Waals surface area contributed by atoms with Crippen molar-refractivity contribution in [3.8, 4) is 11.3 Å². The van der Waals surface area contributed by atoms with Gasteiger partial charge in [0.05, 0.1) is 17.3 Å². The van der Waals surface area contributed by atoms with Crippen molar-refractivity contribution in [3.05, 3.63) is 42.1 Å². The Morgan fingerprint density at radius 3 is 2.52 bits per heavy atom. The minimum absolute atomic E-state index is 0.0651. The van der Waals surface area contributed by atoms with E-state index >= 15 is 0 Å². The van der Waals surface area contributed by atoms with Crippen molar-refractivity contribution in [2.45, 2.75) is 56.3 Å². The van der Waals surface area contributed by atoms with E-state index in [1.165, 1.54) is 0 Å². The van der Waals surface area contributed by atoms with Crippen molar-refractivity contribution in [1.29, 1.82) is 0 Å². The van der Waals surface area contributed by atoms with Crippen molar-refractivity contribution in [2.24, 2.45) is 7.05 Å². The Balaban J connectivity index is 1.40. The predicted octanol–water partition coefficient (Wildman–Crippen LogP) is 1.20. The van der Waals surface area contributed by atoms with Crippen molar-refractivity contribution in [1.82, 2.24) is 25.3 Å². The molecule has 0 bridgehead atoms. The van der Waals surface area contributed by atoms with E-state index in [0.717, 1.165) is 42.5 Å². The first-order valence-corrected chi connectivity index (χ1v) is 11.0. The van der Waals surface area contributed by atoms with Crippen molar-refractivity contribution >= 4 is 11.8 Å². The summed E-state index contributed by atoms with van der Waals surface area (Å²) in [7, 11) is 3.70. The van der Waals surface area contributed by atoms with Crippen LogP contribution in [0.3, 0.4) is 0 Å². The molecule has 31 heavy (non-hydrogen) atoms. The van der Waals surface area contributed by atoms with Gasteiger partial charge in [0.2, 0.25) is 11.8 Å². The number of aryl methyl sites for hydroxylation is 1. The number of hydrogen-bond acceptors (Lipinski definition) is 5. The lowest BCUT2D eigenvalue weighted by atomic mass is 9.95. The van der Waals surface area contributed by atoms with Gasteiger partial charge in [0.15, 0.2) is 0 Å². The zero-order chi connectivity index (χ0) is 22.0. The first-order chi connectivity index (χ1) is 14.9. The SMILES string of the molecule is CNC1(C(=O)N2C[C@H](O)C[C@H]2C(=O)NCc2ccc(-c3ccnn3C)cc2)CCCC1. The fourth-order valence-corrected chi connectivity index (χ4v) is 4.87. The number of carbonyl (C=O) groups excluding carboxylic acids is 2. The highest BCUT2D eigenvalue weighted by molar-refractivity contribution is 5.93. The van der Waals surface area contributed by atoms with E-state index in [1.807, 2.05) is 42.1 Å². The molecule has 1 aromatic carbocycles. The van der Waals surface area contributed by atoms with Crippen LogP contribution in [0.4, 0.5) is 0 Å². The van der Waals surface area contributed by atoms with Crippen molar-refractivity contribution < 1.29 is 14.7 Å². The summed E-state index contributed by atoms with van der Waals surface area (Å²) in [5.41, 5.74) is 2.44. The molecule has 3 N–H and O–H groups in total. The first-order valence-electron chi connectivity index (χ1n) is 11.0. The summed E-state index contributed by atoms with van der Waals surface area (Å²) in [6.07, 6.45) is 4.89. The van der Waals surface area contributed by atoms with Crippen LogP contribution in [0.2, 0.25) is 0 Å². The molecule has 1 saturated carbocycles. The van der Waals surface area contributed by atoms with Crippen LogP contribution in [0.15, 0.2) is 36.5 Å². The molecular weight excluding hydrogens is 394 g/mol. The average Bonchev–Trinajstić information content (AvgIpc) is 3.52. The lowest BCUT2D eigenvalue weighted by Crippen LogP contribution is -2.58. The molecular formula is C23H31N5O3. The molecule has 0 unspecified atom stereocenters. The highest BCUT2D eigenvalue weighted by Crippen LogP contribution is 2.33. The van der Waals surface area contributed by atoms with Gasteiger partial charge in [-0.05, 0) is 37.1 Å². The number of aliphatic hydroxyl groups is 1. The molecule has 0 spiro atoms. The molecule has 2 aliphatic rings. The van der Waals surface area contributed by atoms with Gasteiger partial charge in [-0.1, -0.05) is 37.1 Å². The Morgan fingerprint density at radius 1 is 1.19 bits per heavy atom. The van der Waals surface area contributed by atoms with Crippen LogP contribution in [0.5, 0.6) is 0 Å². The molecule has 1 aliphatic carbocycles. The lowest BCUT2D eigenvalue weighted by Gasteiger charge is -2.34. The van der Waals surface area contributed by atoms with Crippen LogP contribution < -0.4 is 10.6 Å². The first kappa shape index (κ1) is 21.5. The third-order valence-corrected chi connectivity index (χ3v) is 6.72. The third-order valence-electron chi connectivity index (χ3n) is 6.72. The van der Waals surface area contributed by atoms with E-state index in [-0.39, 0.29) is 24.8 Å². The molecule has 2 amide bonds. The maximum absolute atomic E-state index is 13.3. The van der Waals surface area contributed by atoms with Crippen LogP contribution in [0.1, 0.15) is 37.7 Å². The van der Waals surface area contributed by atoms with E-state index in [0.29, 0.717) is 6.54 Å². The molecule has 0 radical (unpaired) electrons. The number of aliphatic hydroxyl groups excluding tert-OH is 1. The monoisotopic (exact) mass is 425 g/mol. The van der Waals surface area contributed by atoms with Gasteiger partial charge >= 0.3 is 0 Å². The van der Waals surface area contributed by atoms with Gasteiger partial charge in [0, 0.05) is 32.8 Å². The molecule has 166 valence electrons. The summed E-state index contributed by atoms with van der Waals surface area (Å²) in [6, 6.07) is 9.28. The van der Waals surface area contributed by atoms with E-state index < -0.39 is 17.7 Å². The minimum atomic E-state index is -0.673. The maximum Gasteiger partial charge on any atom is 0.243 e. The normalized spacial score (nSPS) is 22.6. The van der Waals surface area contributed by atoms with Crippen LogP contribution in [-0.2, 0) is 23.2 Å². The second-order valence-corrected chi connectivity index (χ2v) is 8.66. The number of benzene rings is 1. The number of aromatic nitrogens is 2. The Kier molecular flexibility index (Phi) is 6.11. The van der Waals surface area contributed by atoms with Gasteiger partial charge in [-0.25, -0.2) is 0 Å². The van der Waals surface area contributed by atoms with E-state index in [2.05, 4.69) is 15.7 Å². The van der Waals surface area contributed by atoms with Gasteiger partial charge in [0.1, 0.15) is 6.04 Å². The van der Waals surface area contributed by atoms with Gasteiger partial charge < -0.3 is 20.6 Å². The molecule has 1 aromatic heterocycles. The highest BCUT2D eigenvalue weighted by atomic mass is 16.3. The number of β-amino-alcohol motifs (C(OH)–C–C–N with tert-alkyl or cyclic N) is 1. The zero-order valence-electron chi connectivity index (χ0n) is 18.2. The molecule has 2 atom stereocenters. The third kappa shape index (κ3) is 4.22. The van der Waals surface area contributed by atoms with Crippen LogP contribution in [-0.4, -0.2) is 62.9 Å². The van der Waals surface area contributed by atoms with E-state index in [1.54, 1.807) is 18.1 Å². The summed E-state index contributed by atoms with van der Waals surface area (Å²) in [6.45, 7) is 0.579. The number of carbonyl (C=O) groups is 2. The second kappa shape index (κ2) is 8.80. The van der Waals surface area contributed by atoms with Crippen LogP contribution >= 0.6 is 0 Å². The molecule has 8 heteroatoms. The highest BCUT2D eigenvalue weighted by Gasteiger charge is 2.48. The van der Waals surface area contributed by atoms with Crippen LogP contribution in [0.25, 0.3) is 11.3 Å². The van der Waals surface area contributed by atoms with Gasteiger partial charge in [0.25, 0.3) is 0 Å². The fourth-order valence-electron chi connectivity index (χ4n) is 4.87. The number of nitrogens with zero attached hydrogens (tertiary/aromatic N) is 3. The van der Waals surface area contributed by atoms with E-state index in [9.17, 15) is 14.7 Å². The Bertz CT molecular complexity index is 933. The lowest BCUT2D eigenvalue weighted by molar-refractivity contribution is -0.143. The fraction of sp³-hybridized carbons (Fsp3) is 0.522. The average molecular weight is 426 g/mol.